The summed E-state index contributed by atoms with van der Waals surface area (Å²) >= 11 is 1.14. The quantitative estimate of drug-likeness (QED) is 0.844. The van der Waals surface area contributed by atoms with Crippen molar-refractivity contribution in [2.45, 2.75) is 31.2 Å². The van der Waals surface area contributed by atoms with E-state index in [9.17, 15) is 23.1 Å². The minimum Gasteiger partial charge on any atom is -0.508 e. The molecule has 3 heterocycles. The van der Waals surface area contributed by atoms with Gasteiger partial charge in [-0.2, -0.15) is 13.2 Å². The third kappa shape index (κ3) is 3.05. The monoisotopic (exact) mass is 384 g/mol. The SMILES string of the molecule is O=C(Nc1nc(-c2ccc(O)cc2)cs1)C1C2CCC(O2)C1C(F)(F)F. The molecular weight excluding hydrogens is 369 g/mol. The van der Waals surface area contributed by atoms with E-state index in [1.807, 2.05) is 0 Å². The van der Waals surface area contributed by atoms with Gasteiger partial charge in [-0.25, -0.2) is 4.98 Å². The molecule has 1 amide bonds. The summed E-state index contributed by atoms with van der Waals surface area (Å²) in [6, 6.07) is 6.35. The molecule has 2 saturated heterocycles. The van der Waals surface area contributed by atoms with Crippen molar-refractivity contribution in [1.29, 1.82) is 0 Å². The lowest BCUT2D eigenvalue weighted by molar-refractivity contribution is -0.196. The van der Waals surface area contributed by atoms with Crippen molar-refractivity contribution in [3.63, 3.8) is 0 Å². The molecule has 0 radical (unpaired) electrons. The Morgan fingerprint density at radius 1 is 1.23 bits per heavy atom. The van der Waals surface area contributed by atoms with Gasteiger partial charge in [0.2, 0.25) is 5.91 Å². The zero-order chi connectivity index (χ0) is 18.5. The maximum Gasteiger partial charge on any atom is 0.395 e. The highest BCUT2D eigenvalue weighted by Gasteiger charge is 2.62. The van der Waals surface area contributed by atoms with Crippen molar-refractivity contribution in [3.05, 3.63) is 29.6 Å². The summed E-state index contributed by atoms with van der Waals surface area (Å²) in [5.74, 6) is -3.59. The summed E-state index contributed by atoms with van der Waals surface area (Å²) in [5, 5.41) is 13.8. The summed E-state index contributed by atoms with van der Waals surface area (Å²) in [6.07, 6.45) is -5.29. The molecule has 4 unspecified atom stereocenters. The number of rotatable bonds is 3. The molecule has 1 aromatic heterocycles. The topological polar surface area (TPSA) is 71.5 Å². The van der Waals surface area contributed by atoms with E-state index in [0.29, 0.717) is 18.5 Å². The number of hydrogen-bond donors (Lipinski definition) is 2. The van der Waals surface area contributed by atoms with Crippen LogP contribution in [0.5, 0.6) is 5.75 Å². The number of ether oxygens (including phenoxy) is 1. The number of nitrogens with one attached hydrogen (secondary N) is 1. The van der Waals surface area contributed by atoms with Crippen LogP contribution in [-0.2, 0) is 9.53 Å². The molecule has 0 spiro atoms. The Labute approximate surface area is 150 Å². The maximum atomic E-state index is 13.3. The second kappa shape index (κ2) is 6.24. The lowest BCUT2D eigenvalue weighted by atomic mass is 9.78. The first-order valence-corrected chi connectivity index (χ1v) is 8.99. The molecule has 4 atom stereocenters. The van der Waals surface area contributed by atoms with Crippen LogP contribution in [0.4, 0.5) is 18.3 Å². The summed E-state index contributed by atoms with van der Waals surface area (Å²) in [7, 11) is 0. The second-order valence-corrected chi connectivity index (χ2v) is 7.32. The van der Waals surface area contributed by atoms with Gasteiger partial charge >= 0.3 is 6.18 Å². The predicted molar refractivity (Wildman–Crippen MR) is 88.8 cm³/mol. The zero-order valence-electron chi connectivity index (χ0n) is 13.4. The summed E-state index contributed by atoms with van der Waals surface area (Å²) in [6.45, 7) is 0. The van der Waals surface area contributed by atoms with Crippen LogP contribution < -0.4 is 5.32 Å². The first-order chi connectivity index (χ1) is 12.3. The van der Waals surface area contributed by atoms with Crippen molar-refractivity contribution in [3.8, 4) is 17.0 Å². The fourth-order valence-corrected chi connectivity index (χ4v) is 4.43. The van der Waals surface area contributed by atoms with Crippen molar-refractivity contribution < 1.29 is 27.8 Å². The number of aromatic nitrogens is 1. The number of aromatic hydroxyl groups is 1. The van der Waals surface area contributed by atoms with E-state index in [2.05, 4.69) is 10.3 Å². The predicted octanol–water partition coefficient (Wildman–Crippen LogP) is 3.81. The lowest BCUT2D eigenvalue weighted by Crippen LogP contribution is -2.44. The van der Waals surface area contributed by atoms with E-state index in [1.165, 1.54) is 12.1 Å². The van der Waals surface area contributed by atoms with Crippen LogP contribution in [0.25, 0.3) is 11.3 Å². The summed E-state index contributed by atoms with van der Waals surface area (Å²) in [5.41, 5.74) is 1.30. The highest BCUT2D eigenvalue weighted by Crippen LogP contribution is 2.50. The number of benzene rings is 1. The number of carbonyl (C=O) groups is 1. The number of halogens is 3. The Morgan fingerprint density at radius 3 is 2.62 bits per heavy atom. The molecular formula is C17H15F3N2O3S. The van der Waals surface area contributed by atoms with Gasteiger partial charge in [0.15, 0.2) is 5.13 Å². The number of hydrogen-bond acceptors (Lipinski definition) is 5. The lowest BCUT2D eigenvalue weighted by Gasteiger charge is -2.28. The number of thiazole rings is 1. The van der Waals surface area contributed by atoms with Crippen LogP contribution in [0.1, 0.15) is 12.8 Å². The molecule has 0 aliphatic carbocycles. The molecule has 2 fully saturated rings. The Balaban J connectivity index is 1.51. The van der Waals surface area contributed by atoms with Gasteiger partial charge in [-0.3, -0.25) is 4.79 Å². The van der Waals surface area contributed by atoms with E-state index in [4.69, 9.17) is 4.74 Å². The Bertz CT molecular complexity index is 821. The molecule has 1 aromatic carbocycles. The first-order valence-electron chi connectivity index (χ1n) is 8.11. The third-order valence-electron chi connectivity index (χ3n) is 4.85. The largest absolute Gasteiger partial charge is 0.508 e. The van der Waals surface area contributed by atoms with Crippen LogP contribution in [-0.4, -0.2) is 34.4 Å². The molecule has 9 heteroatoms. The van der Waals surface area contributed by atoms with Crippen LogP contribution in [0, 0.1) is 11.8 Å². The van der Waals surface area contributed by atoms with Crippen molar-refractivity contribution >= 4 is 22.4 Å². The van der Waals surface area contributed by atoms with Crippen molar-refractivity contribution in [1.82, 2.24) is 4.98 Å². The summed E-state index contributed by atoms with van der Waals surface area (Å²) in [4.78, 5) is 16.7. The van der Waals surface area contributed by atoms with Gasteiger partial charge in [0.05, 0.1) is 29.7 Å². The molecule has 2 N–H and O–H groups in total. The number of carbonyl (C=O) groups excluding carboxylic acids is 1. The summed E-state index contributed by atoms with van der Waals surface area (Å²) < 4.78 is 45.3. The molecule has 0 saturated carbocycles. The fourth-order valence-electron chi connectivity index (χ4n) is 3.71. The second-order valence-electron chi connectivity index (χ2n) is 6.46. The van der Waals surface area contributed by atoms with Crippen LogP contribution in [0.3, 0.4) is 0 Å². The Kier molecular flexibility index (Phi) is 4.15. The van der Waals surface area contributed by atoms with Crippen molar-refractivity contribution in [2.24, 2.45) is 11.8 Å². The highest BCUT2D eigenvalue weighted by atomic mass is 32.1. The molecule has 138 valence electrons. The Morgan fingerprint density at radius 2 is 1.92 bits per heavy atom. The molecule has 26 heavy (non-hydrogen) atoms. The van der Waals surface area contributed by atoms with Crippen LogP contribution in [0.15, 0.2) is 29.6 Å². The fraction of sp³-hybridized carbons (Fsp3) is 0.412. The van der Waals surface area contributed by atoms with E-state index in [1.54, 1.807) is 17.5 Å². The van der Waals surface area contributed by atoms with Crippen LogP contribution in [0.2, 0.25) is 0 Å². The smallest absolute Gasteiger partial charge is 0.395 e. The molecule has 2 aliphatic rings. The van der Waals surface area contributed by atoms with Gasteiger partial charge in [0, 0.05) is 10.9 Å². The normalized spacial score (nSPS) is 27.7. The average Bonchev–Trinajstić information content (AvgIpc) is 3.29. The van der Waals surface area contributed by atoms with E-state index < -0.39 is 36.1 Å². The van der Waals surface area contributed by atoms with E-state index in [-0.39, 0.29) is 10.9 Å². The standard InChI is InChI=1S/C17H15F3N2O3S/c18-17(19,20)14-12-6-5-11(25-12)13(14)15(24)22-16-21-10(7-26-16)8-1-3-9(23)4-2-8/h1-4,7,11-14,23H,5-6H2,(H,21,22,24). The number of nitrogens with zero attached hydrogens (tertiary/aromatic N) is 1. The number of phenols is 1. The van der Waals surface area contributed by atoms with Gasteiger partial charge in [0.25, 0.3) is 0 Å². The van der Waals surface area contributed by atoms with Gasteiger partial charge in [0.1, 0.15) is 5.75 Å². The number of fused-ring (bicyclic) bond motifs is 2. The van der Waals surface area contributed by atoms with Crippen molar-refractivity contribution in [2.75, 3.05) is 5.32 Å². The number of alkyl halides is 3. The van der Waals surface area contributed by atoms with Crippen LogP contribution >= 0.6 is 11.3 Å². The third-order valence-corrected chi connectivity index (χ3v) is 5.61. The minimum atomic E-state index is -4.47. The van der Waals surface area contributed by atoms with Gasteiger partial charge in [-0.1, -0.05) is 0 Å². The molecule has 2 bridgehead atoms. The molecule has 5 nitrogen and oxygen atoms in total. The van der Waals surface area contributed by atoms with Gasteiger partial charge in [-0.05, 0) is 37.1 Å². The number of amides is 1. The minimum absolute atomic E-state index is 0.118. The Hall–Kier alpha value is -2.13. The van der Waals surface area contributed by atoms with E-state index >= 15 is 0 Å². The molecule has 4 rings (SSSR count). The molecule has 2 aliphatic heterocycles. The van der Waals surface area contributed by atoms with Gasteiger partial charge < -0.3 is 15.2 Å². The average molecular weight is 384 g/mol. The van der Waals surface area contributed by atoms with Gasteiger partial charge in [-0.15, -0.1) is 11.3 Å². The molecule has 2 aromatic rings. The number of phenolic OH excluding ortho intramolecular Hbond substituents is 1. The number of anilines is 1. The highest BCUT2D eigenvalue weighted by molar-refractivity contribution is 7.14. The maximum absolute atomic E-state index is 13.3. The zero-order valence-corrected chi connectivity index (χ0v) is 14.2. The first kappa shape index (κ1) is 17.3. The van der Waals surface area contributed by atoms with E-state index in [0.717, 1.165) is 16.9 Å².